The van der Waals surface area contributed by atoms with Crippen molar-refractivity contribution in [3.05, 3.63) is 24.3 Å². The van der Waals surface area contributed by atoms with E-state index in [4.69, 9.17) is 21.7 Å². The molecule has 0 bridgehead atoms. The molecule has 8 nitrogen and oxygen atoms in total. The van der Waals surface area contributed by atoms with E-state index < -0.39 is 0 Å². The van der Waals surface area contributed by atoms with E-state index in [2.05, 4.69) is 20.4 Å². The Balaban J connectivity index is 1.51. The maximum Gasteiger partial charge on any atom is 0.221 e. The molecule has 2 aliphatic rings. The summed E-state index contributed by atoms with van der Waals surface area (Å²) in [5, 5.41) is 23.4. The summed E-state index contributed by atoms with van der Waals surface area (Å²) < 4.78 is 12.8. The molecule has 3 heterocycles. The lowest BCUT2D eigenvalue weighted by atomic mass is 10.2. The molecular formula is C19H25N5O3S. The number of hydrogen-bond donors (Lipinski definition) is 2. The van der Waals surface area contributed by atoms with Gasteiger partial charge in [0.25, 0.3) is 0 Å². The van der Waals surface area contributed by atoms with Crippen LogP contribution in [-0.2, 0) is 16.1 Å². The molecule has 2 aliphatic heterocycles. The summed E-state index contributed by atoms with van der Waals surface area (Å²) >= 11 is 5.25. The average molecular weight is 404 g/mol. The number of azo groups is 1. The van der Waals surface area contributed by atoms with Gasteiger partial charge in [-0.25, -0.2) is 0 Å². The fraction of sp³-hybridized carbons (Fsp3) is 0.526. The Bertz CT molecular complexity index is 857. The highest BCUT2D eigenvalue weighted by Crippen LogP contribution is 2.39. The van der Waals surface area contributed by atoms with Crippen molar-refractivity contribution in [1.82, 2.24) is 14.8 Å². The SMILES string of the molecule is Oc1c(N=NC(=S)NCC2CCCO2)c2ccccc2n1CN1CCOCC1. The molecule has 28 heavy (non-hydrogen) atoms. The van der Waals surface area contributed by atoms with E-state index in [-0.39, 0.29) is 12.0 Å². The first-order valence-electron chi connectivity index (χ1n) is 9.64. The topological polar surface area (TPSA) is 83.6 Å². The molecule has 1 atom stereocenters. The number of para-hydroxylation sites is 1. The quantitative estimate of drug-likeness (QED) is 0.590. The van der Waals surface area contributed by atoms with Crippen molar-refractivity contribution in [2.75, 3.05) is 39.5 Å². The first-order valence-corrected chi connectivity index (χ1v) is 10.0. The van der Waals surface area contributed by atoms with Crippen LogP contribution in [0, 0.1) is 0 Å². The molecule has 0 amide bonds. The zero-order valence-electron chi connectivity index (χ0n) is 15.7. The molecule has 0 aliphatic carbocycles. The number of nitrogens with zero attached hydrogens (tertiary/aromatic N) is 4. The van der Waals surface area contributed by atoms with Gasteiger partial charge in [0.2, 0.25) is 11.0 Å². The van der Waals surface area contributed by atoms with Gasteiger partial charge in [0.05, 0.1) is 31.5 Å². The number of hydrogen-bond acceptors (Lipinski definition) is 6. The molecule has 4 rings (SSSR count). The maximum absolute atomic E-state index is 10.8. The molecule has 150 valence electrons. The predicted octanol–water partition coefficient (Wildman–Crippen LogP) is 2.77. The minimum absolute atomic E-state index is 0.0957. The van der Waals surface area contributed by atoms with Gasteiger partial charge in [0.15, 0.2) is 5.69 Å². The van der Waals surface area contributed by atoms with Crippen molar-refractivity contribution in [3.63, 3.8) is 0 Å². The number of ether oxygens (including phenoxy) is 2. The molecule has 2 N–H and O–H groups in total. The summed E-state index contributed by atoms with van der Waals surface area (Å²) in [5.74, 6) is 0.0957. The van der Waals surface area contributed by atoms with Crippen molar-refractivity contribution < 1.29 is 14.6 Å². The molecule has 0 radical (unpaired) electrons. The van der Waals surface area contributed by atoms with E-state index in [0.717, 1.165) is 43.4 Å². The van der Waals surface area contributed by atoms with E-state index >= 15 is 0 Å². The first kappa shape index (κ1) is 19.3. The lowest BCUT2D eigenvalue weighted by Gasteiger charge is -2.27. The van der Waals surface area contributed by atoms with Crippen LogP contribution >= 0.6 is 12.2 Å². The molecule has 1 aromatic heterocycles. The first-order chi connectivity index (χ1) is 13.7. The van der Waals surface area contributed by atoms with E-state index in [1.54, 1.807) is 0 Å². The van der Waals surface area contributed by atoms with Crippen molar-refractivity contribution >= 4 is 33.9 Å². The lowest BCUT2D eigenvalue weighted by Crippen LogP contribution is -2.37. The van der Waals surface area contributed by atoms with Crippen LogP contribution < -0.4 is 5.32 Å². The third-order valence-corrected chi connectivity index (χ3v) is 5.33. The van der Waals surface area contributed by atoms with Crippen LogP contribution in [-0.4, -0.2) is 65.2 Å². The normalized spacial score (nSPS) is 20.9. The van der Waals surface area contributed by atoms with Gasteiger partial charge in [-0.15, -0.1) is 10.2 Å². The molecule has 1 unspecified atom stereocenters. The molecule has 0 saturated carbocycles. The molecule has 0 spiro atoms. The Morgan fingerprint density at radius 2 is 2.07 bits per heavy atom. The number of nitrogens with one attached hydrogen (secondary N) is 1. The highest BCUT2D eigenvalue weighted by Gasteiger charge is 2.20. The number of aromatic hydroxyl groups is 1. The highest BCUT2D eigenvalue weighted by atomic mass is 32.1. The van der Waals surface area contributed by atoms with Gasteiger partial charge >= 0.3 is 0 Å². The smallest absolute Gasteiger partial charge is 0.221 e. The number of thiocarbonyl (C=S) groups is 1. The molecule has 2 saturated heterocycles. The van der Waals surface area contributed by atoms with Crippen LogP contribution in [0.5, 0.6) is 5.88 Å². The highest BCUT2D eigenvalue weighted by molar-refractivity contribution is 7.80. The summed E-state index contributed by atoms with van der Waals surface area (Å²) in [7, 11) is 0. The second kappa shape index (κ2) is 8.95. The van der Waals surface area contributed by atoms with E-state index in [1.807, 2.05) is 28.8 Å². The van der Waals surface area contributed by atoms with Crippen molar-refractivity contribution in [2.24, 2.45) is 10.2 Å². The number of aromatic nitrogens is 1. The van der Waals surface area contributed by atoms with Crippen LogP contribution in [0.4, 0.5) is 5.69 Å². The third-order valence-electron chi connectivity index (χ3n) is 5.11. The van der Waals surface area contributed by atoms with Gasteiger partial charge in [0.1, 0.15) is 0 Å². The number of morpholine rings is 1. The standard InChI is InChI=1S/C19H25N5O3S/c25-18-17(21-22-19(28)20-12-14-4-3-9-27-14)15-5-1-2-6-16(15)24(18)13-23-7-10-26-11-8-23/h1-2,5-6,14,25H,3-4,7-13H2,(H,20,28). The number of fused-ring (bicyclic) bond motifs is 1. The summed E-state index contributed by atoms with van der Waals surface area (Å²) in [4.78, 5) is 2.24. The largest absolute Gasteiger partial charge is 0.493 e. The second-order valence-electron chi connectivity index (χ2n) is 7.01. The average Bonchev–Trinajstić information content (AvgIpc) is 3.33. The van der Waals surface area contributed by atoms with Crippen molar-refractivity contribution in [1.29, 1.82) is 0 Å². The Labute approximate surface area is 169 Å². The Morgan fingerprint density at radius 3 is 2.86 bits per heavy atom. The van der Waals surface area contributed by atoms with Crippen LogP contribution in [0.15, 0.2) is 34.5 Å². The fourth-order valence-corrected chi connectivity index (χ4v) is 3.72. The Morgan fingerprint density at radius 1 is 1.25 bits per heavy atom. The van der Waals surface area contributed by atoms with E-state index in [9.17, 15) is 5.11 Å². The summed E-state index contributed by atoms with van der Waals surface area (Å²) in [5.41, 5.74) is 1.35. The fourth-order valence-electron chi connectivity index (χ4n) is 3.59. The zero-order chi connectivity index (χ0) is 19.3. The summed E-state index contributed by atoms with van der Waals surface area (Å²) in [6, 6.07) is 7.78. The van der Waals surface area contributed by atoms with Gasteiger partial charge in [-0.05, 0) is 31.1 Å². The summed E-state index contributed by atoms with van der Waals surface area (Å²) in [6.45, 7) is 5.08. The van der Waals surface area contributed by atoms with Gasteiger partial charge in [0, 0.05) is 31.6 Å². The lowest BCUT2D eigenvalue weighted by molar-refractivity contribution is 0.0231. The van der Waals surface area contributed by atoms with Crippen LogP contribution in [0.3, 0.4) is 0 Å². The van der Waals surface area contributed by atoms with Crippen LogP contribution in [0.1, 0.15) is 12.8 Å². The predicted molar refractivity (Wildman–Crippen MR) is 110 cm³/mol. The van der Waals surface area contributed by atoms with Crippen molar-refractivity contribution in [2.45, 2.75) is 25.6 Å². The van der Waals surface area contributed by atoms with Gasteiger partial charge in [-0.1, -0.05) is 18.2 Å². The molecule has 2 aromatic rings. The van der Waals surface area contributed by atoms with E-state index in [0.29, 0.717) is 37.2 Å². The van der Waals surface area contributed by atoms with Gasteiger partial charge in [-0.3, -0.25) is 9.47 Å². The van der Waals surface area contributed by atoms with Crippen LogP contribution in [0.25, 0.3) is 10.9 Å². The summed E-state index contributed by atoms with van der Waals surface area (Å²) in [6.07, 6.45) is 2.29. The molecular weight excluding hydrogens is 378 g/mol. The number of benzene rings is 1. The van der Waals surface area contributed by atoms with Crippen molar-refractivity contribution in [3.8, 4) is 5.88 Å². The van der Waals surface area contributed by atoms with Gasteiger partial charge in [-0.2, -0.15) is 0 Å². The molecule has 2 fully saturated rings. The van der Waals surface area contributed by atoms with Crippen LogP contribution in [0.2, 0.25) is 0 Å². The van der Waals surface area contributed by atoms with Gasteiger partial charge < -0.3 is 19.9 Å². The minimum atomic E-state index is 0.0957. The molecule has 1 aromatic carbocycles. The monoisotopic (exact) mass is 403 g/mol. The Kier molecular flexibility index (Phi) is 6.16. The number of rotatable bonds is 5. The maximum atomic E-state index is 10.8. The zero-order valence-corrected chi connectivity index (χ0v) is 16.5. The minimum Gasteiger partial charge on any atom is -0.493 e. The second-order valence-corrected chi connectivity index (χ2v) is 7.40. The Hall–Kier alpha value is -2.07. The van der Waals surface area contributed by atoms with E-state index in [1.165, 1.54) is 0 Å². The molecule has 9 heteroatoms. The third kappa shape index (κ3) is 4.33.